The summed E-state index contributed by atoms with van der Waals surface area (Å²) in [4.78, 5) is 14.1. The molecule has 1 saturated heterocycles. The summed E-state index contributed by atoms with van der Waals surface area (Å²) in [5.41, 5.74) is 0. The Balaban J connectivity index is 2.20. The van der Waals surface area contributed by atoms with Crippen LogP contribution in [0.25, 0.3) is 0 Å². The molecule has 0 bridgehead atoms. The molecule has 19 heavy (non-hydrogen) atoms. The number of carbonyl (C=O) groups is 1. The lowest BCUT2D eigenvalue weighted by molar-refractivity contribution is -0.122. The van der Waals surface area contributed by atoms with E-state index in [4.69, 9.17) is 0 Å². The standard InChI is InChI=1S/C15H31N3O/c1-4-18(11-14-7-5-6-9-16-14)12-15(19)17-10-8-13(2)3/h13-14,16H,4-12H2,1-3H3,(H,17,19). The van der Waals surface area contributed by atoms with Gasteiger partial charge in [0.05, 0.1) is 6.54 Å². The molecule has 1 aliphatic rings. The first-order chi connectivity index (χ1) is 9.11. The largest absolute Gasteiger partial charge is 0.355 e. The highest BCUT2D eigenvalue weighted by Gasteiger charge is 2.17. The second-order valence-corrected chi connectivity index (χ2v) is 6.01. The summed E-state index contributed by atoms with van der Waals surface area (Å²) in [5, 5.41) is 6.56. The van der Waals surface area contributed by atoms with Crippen molar-refractivity contribution in [1.29, 1.82) is 0 Å². The van der Waals surface area contributed by atoms with Gasteiger partial charge < -0.3 is 10.6 Å². The van der Waals surface area contributed by atoms with Gasteiger partial charge in [0.15, 0.2) is 0 Å². The van der Waals surface area contributed by atoms with Crippen LogP contribution in [0.3, 0.4) is 0 Å². The number of hydrogen-bond donors (Lipinski definition) is 2. The predicted molar refractivity (Wildman–Crippen MR) is 80.2 cm³/mol. The Morgan fingerprint density at radius 3 is 2.79 bits per heavy atom. The van der Waals surface area contributed by atoms with Crippen LogP contribution in [0, 0.1) is 5.92 Å². The molecule has 0 aliphatic carbocycles. The molecular formula is C15H31N3O. The van der Waals surface area contributed by atoms with Gasteiger partial charge in [-0.25, -0.2) is 0 Å². The van der Waals surface area contributed by atoms with E-state index in [0.29, 0.717) is 18.5 Å². The van der Waals surface area contributed by atoms with Crippen LogP contribution >= 0.6 is 0 Å². The molecule has 1 fully saturated rings. The minimum Gasteiger partial charge on any atom is -0.355 e. The van der Waals surface area contributed by atoms with Crippen LogP contribution in [-0.4, -0.2) is 49.6 Å². The fourth-order valence-electron chi connectivity index (χ4n) is 2.46. The molecule has 4 heteroatoms. The molecule has 1 unspecified atom stereocenters. The summed E-state index contributed by atoms with van der Waals surface area (Å²) in [6.07, 6.45) is 4.90. The predicted octanol–water partition coefficient (Wildman–Crippen LogP) is 1.61. The molecule has 0 radical (unpaired) electrons. The molecule has 1 heterocycles. The lowest BCUT2D eigenvalue weighted by Gasteiger charge is -2.29. The van der Waals surface area contributed by atoms with Crippen molar-refractivity contribution in [1.82, 2.24) is 15.5 Å². The number of carbonyl (C=O) groups excluding carboxylic acids is 1. The van der Waals surface area contributed by atoms with E-state index in [1.54, 1.807) is 0 Å². The second-order valence-electron chi connectivity index (χ2n) is 6.01. The molecule has 1 rings (SSSR count). The van der Waals surface area contributed by atoms with E-state index in [1.165, 1.54) is 19.3 Å². The van der Waals surface area contributed by atoms with Crippen LogP contribution in [0.5, 0.6) is 0 Å². The van der Waals surface area contributed by atoms with Crippen LogP contribution < -0.4 is 10.6 Å². The van der Waals surface area contributed by atoms with Gasteiger partial charge in [-0.3, -0.25) is 9.69 Å². The van der Waals surface area contributed by atoms with Gasteiger partial charge in [0, 0.05) is 19.1 Å². The van der Waals surface area contributed by atoms with Crippen molar-refractivity contribution in [3.8, 4) is 0 Å². The number of nitrogens with one attached hydrogen (secondary N) is 2. The van der Waals surface area contributed by atoms with E-state index in [1.807, 2.05) is 0 Å². The summed E-state index contributed by atoms with van der Waals surface area (Å²) < 4.78 is 0. The maximum Gasteiger partial charge on any atom is 0.234 e. The molecule has 1 aliphatic heterocycles. The van der Waals surface area contributed by atoms with Crippen molar-refractivity contribution in [2.75, 3.05) is 32.7 Å². The zero-order chi connectivity index (χ0) is 14.1. The van der Waals surface area contributed by atoms with Crippen molar-refractivity contribution < 1.29 is 4.79 Å². The molecule has 0 saturated carbocycles. The third-order valence-electron chi connectivity index (χ3n) is 3.75. The fraction of sp³-hybridized carbons (Fsp3) is 0.933. The van der Waals surface area contributed by atoms with Gasteiger partial charge in [-0.2, -0.15) is 0 Å². The minimum absolute atomic E-state index is 0.165. The highest BCUT2D eigenvalue weighted by molar-refractivity contribution is 5.77. The first kappa shape index (κ1) is 16.4. The number of piperidine rings is 1. The minimum atomic E-state index is 0.165. The van der Waals surface area contributed by atoms with Crippen LogP contribution in [0.15, 0.2) is 0 Å². The fourth-order valence-corrected chi connectivity index (χ4v) is 2.46. The van der Waals surface area contributed by atoms with Crippen molar-refractivity contribution in [3.63, 3.8) is 0 Å². The first-order valence-corrected chi connectivity index (χ1v) is 7.84. The quantitative estimate of drug-likeness (QED) is 0.704. The normalized spacial score (nSPS) is 19.9. The smallest absolute Gasteiger partial charge is 0.234 e. The molecule has 4 nitrogen and oxygen atoms in total. The van der Waals surface area contributed by atoms with Crippen LogP contribution in [0.2, 0.25) is 0 Å². The summed E-state index contributed by atoms with van der Waals surface area (Å²) in [5.74, 6) is 0.812. The first-order valence-electron chi connectivity index (χ1n) is 7.84. The Morgan fingerprint density at radius 1 is 1.42 bits per heavy atom. The molecular weight excluding hydrogens is 238 g/mol. The Labute approximate surface area is 118 Å². The number of amides is 1. The van der Waals surface area contributed by atoms with Gasteiger partial charge in [-0.05, 0) is 38.3 Å². The molecule has 2 N–H and O–H groups in total. The molecule has 0 aromatic heterocycles. The van der Waals surface area contributed by atoms with Crippen LogP contribution in [0.1, 0.15) is 46.5 Å². The molecule has 1 amide bonds. The summed E-state index contributed by atoms with van der Waals surface area (Å²) in [6.45, 7) is 10.9. The lowest BCUT2D eigenvalue weighted by Crippen LogP contribution is -2.46. The van der Waals surface area contributed by atoms with Crippen molar-refractivity contribution in [2.45, 2.75) is 52.5 Å². The third-order valence-corrected chi connectivity index (χ3v) is 3.75. The molecule has 0 aromatic carbocycles. The van der Waals surface area contributed by atoms with Gasteiger partial charge in [0.2, 0.25) is 5.91 Å². The van der Waals surface area contributed by atoms with Crippen molar-refractivity contribution in [2.24, 2.45) is 5.92 Å². The zero-order valence-corrected chi connectivity index (χ0v) is 12.9. The van der Waals surface area contributed by atoms with Crippen molar-refractivity contribution in [3.05, 3.63) is 0 Å². The maximum atomic E-state index is 11.9. The summed E-state index contributed by atoms with van der Waals surface area (Å²) >= 11 is 0. The highest BCUT2D eigenvalue weighted by atomic mass is 16.2. The number of nitrogens with zero attached hydrogens (tertiary/aromatic N) is 1. The van der Waals surface area contributed by atoms with E-state index in [0.717, 1.165) is 32.6 Å². The van der Waals surface area contributed by atoms with Gasteiger partial charge in [0.25, 0.3) is 0 Å². The van der Waals surface area contributed by atoms with Crippen molar-refractivity contribution >= 4 is 5.91 Å². The van der Waals surface area contributed by atoms with Gasteiger partial charge in [-0.15, -0.1) is 0 Å². The number of hydrogen-bond acceptors (Lipinski definition) is 3. The van der Waals surface area contributed by atoms with Gasteiger partial charge >= 0.3 is 0 Å². The Kier molecular flexibility index (Phi) is 8.07. The highest BCUT2D eigenvalue weighted by Crippen LogP contribution is 2.08. The van der Waals surface area contributed by atoms with E-state index in [9.17, 15) is 4.79 Å². The Hall–Kier alpha value is -0.610. The zero-order valence-electron chi connectivity index (χ0n) is 12.9. The van der Waals surface area contributed by atoms with Crippen LogP contribution in [-0.2, 0) is 4.79 Å². The SMILES string of the molecule is CCN(CC(=O)NCCC(C)C)CC1CCCCN1. The van der Waals surface area contributed by atoms with E-state index >= 15 is 0 Å². The average Bonchev–Trinajstić information content (AvgIpc) is 2.38. The van der Waals surface area contributed by atoms with Gasteiger partial charge in [0.1, 0.15) is 0 Å². The Bertz CT molecular complexity index is 250. The van der Waals surface area contributed by atoms with Gasteiger partial charge in [-0.1, -0.05) is 27.2 Å². The van der Waals surface area contributed by atoms with Crippen LogP contribution in [0.4, 0.5) is 0 Å². The second kappa shape index (κ2) is 9.32. The number of rotatable bonds is 8. The maximum absolute atomic E-state index is 11.9. The summed E-state index contributed by atoms with van der Waals surface area (Å²) in [7, 11) is 0. The molecule has 112 valence electrons. The topological polar surface area (TPSA) is 44.4 Å². The molecule has 0 spiro atoms. The van der Waals surface area contributed by atoms with E-state index in [2.05, 4.69) is 36.3 Å². The van der Waals surface area contributed by atoms with E-state index in [-0.39, 0.29) is 5.91 Å². The monoisotopic (exact) mass is 269 g/mol. The third kappa shape index (κ3) is 7.53. The van der Waals surface area contributed by atoms with E-state index < -0.39 is 0 Å². The molecule has 1 atom stereocenters. The average molecular weight is 269 g/mol. The summed E-state index contributed by atoms with van der Waals surface area (Å²) in [6, 6.07) is 0.567. The molecule has 0 aromatic rings. The lowest BCUT2D eigenvalue weighted by atomic mass is 10.0. The number of likely N-dealkylation sites (N-methyl/N-ethyl adjacent to an activating group) is 1. The Morgan fingerprint density at radius 2 is 2.21 bits per heavy atom.